The van der Waals surface area contributed by atoms with Crippen molar-refractivity contribution in [3.05, 3.63) is 39.7 Å². The summed E-state index contributed by atoms with van der Waals surface area (Å²) in [6.07, 6.45) is 0. The predicted molar refractivity (Wildman–Crippen MR) is 69.6 cm³/mol. The molecule has 0 unspecified atom stereocenters. The van der Waals surface area contributed by atoms with Crippen molar-refractivity contribution in [2.45, 2.75) is 6.92 Å². The molecule has 2 aromatic rings. The molecule has 1 aromatic heterocycles. The van der Waals surface area contributed by atoms with Crippen molar-refractivity contribution in [2.75, 3.05) is 17.7 Å². The number of hydrogen-bond donors (Lipinski definition) is 2. The van der Waals surface area contributed by atoms with E-state index in [0.29, 0.717) is 5.82 Å². The van der Waals surface area contributed by atoms with Crippen LogP contribution in [0.25, 0.3) is 0 Å². The molecule has 2 N–H and O–H groups in total. The quantitative estimate of drug-likeness (QED) is 0.642. The minimum Gasteiger partial charge on any atom is -0.383 e. The average Bonchev–Trinajstić information content (AvgIpc) is 2.83. The van der Waals surface area contributed by atoms with Gasteiger partial charge in [-0.2, -0.15) is 4.98 Å². The number of hydrogen-bond acceptors (Lipinski definition) is 7. The molecule has 0 fully saturated rings. The van der Waals surface area contributed by atoms with Crippen LogP contribution in [0.1, 0.15) is 16.2 Å². The van der Waals surface area contributed by atoms with Crippen molar-refractivity contribution in [1.82, 2.24) is 10.1 Å². The Hall–Kier alpha value is -2.97. The number of rotatable bonds is 4. The largest absolute Gasteiger partial charge is 0.383 e. The Morgan fingerprint density at radius 2 is 2.20 bits per heavy atom. The lowest BCUT2D eigenvalue weighted by molar-refractivity contribution is -0.383. The first-order chi connectivity index (χ1) is 9.51. The Kier molecular flexibility index (Phi) is 3.60. The Bertz CT molecular complexity index is 667. The third-order valence-electron chi connectivity index (χ3n) is 2.47. The van der Waals surface area contributed by atoms with Crippen LogP contribution in [0.15, 0.2) is 22.7 Å². The third kappa shape index (κ3) is 2.71. The highest BCUT2D eigenvalue weighted by Gasteiger charge is 2.17. The molecular formula is C11H11N5O4. The number of carbonyl (C=O) groups is 1. The van der Waals surface area contributed by atoms with Crippen LogP contribution in [-0.4, -0.2) is 28.0 Å². The van der Waals surface area contributed by atoms with Crippen LogP contribution >= 0.6 is 0 Å². The first-order valence-corrected chi connectivity index (χ1v) is 5.59. The van der Waals surface area contributed by atoms with Gasteiger partial charge in [-0.3, -0.25) is 20.2 Å². The van der Waals surface area contributed by atoms with Crippen molar-refractivity contribution in [3.63, 3.8) is 0 Å². The van der Waals surface area contributed by atoms with Crippen LogP contribution in [0.5, 0.6) is 0 Å². The number of nitro groups is 1. The van der Waals surface area contributed by atoms with Crippen molar-refractivity contribution in [3.8, 4) is 0 Å². The van der Waals surface area contributed by atoms with Crippen LogP contribution in [0.4, 0.5) is 17.4 Å². The van der Waals surface area contributed by atoms with Gasteiger partial charge < -0.3 is 9.84 Å². The zero-order chi connectivity index (χ0) is 14.7. The summed E-state index contributed by atoms with van der Waals surface area (Å²) in [5.74, 6) is -0.111. The second-order valence-electron chi connectivity index (χ2n) is 3.84. The van der Waals surface area contributed by atoms with Crippen molar-refractivity contribution in [2.24, 2.45) is 0 Å². The summed E-state index contributed by atoms with van der Waals surface area (Å²) in [5, 5.41) is 19.4. The maximum atomic E-state index is 11.9. The number of nitrogens with zero attached hydrogens (tertiary/aromatic N) is 3. The summed E-state index contributed by atoms with van der Waals surface area (Å²) in [4.78, 5) is 26.0. The summed E-state index contributed by atoms with van der Waals surface area (Å²) in [5.41, 5.74) is 0.359. The molecule has 0 radical (unpaired) electrons. The van der Waals surface area contributed by atoms with E-state index in [4.69, 9.17) is 4.52 Å². The van der Waals surface area contributed by atoms with Crippen LogP contribution in [0, 0.1) is 17.0 Å². The molecule has 0 aliphatic carbocycles. The number of benzene rings is 1. The van der Waals surface area contributed by atoms with Crippen LogP contribution in [0.2, 0.25) is 0 Å². The van der Waals surface area contributed by atoms with E-state index >= 15 is 0 Å². The number of aryl methyl sites for hydroxylation is 1. The monoisotopic (exact) mass is 277 g/mol. The molecule has 0 aliphatic rings. The SMILES string of the molecule is CNc1cc(C(=O)Nc2nc(C)no2)ccc1[N+](=O)[O-]. The fourth-order valence-corrected chi connectivity index (χ4v) is 1.55. The van der Waals surface area contributed by atoms with Gasteiger partial charge in [0.1, 0.15) is 5.69 Å². The second kappa shape index (κ2) is 5.34. The molecular weight excluding hydrogens is 266 g/mol. The van der Waals surface area contributed by atoms with Gasteiger partial charge in [0.05, 0.1) is 4.92 Å². The molecule has 20 heavy (non-hydrogen) atoms. The molecule has 0 aliphatic heterocycles. The van der Waals surface area contributed by atoms with Gasteiger partial charge in [-0.05, 0) is 19.1 Å². The van der Waals surface area contributed by atoms with Crippen molar-refractivity contribution < 1.29 is 14.2 Å². The highest BCUT2D eigenvalue weighted by Crippen LogP contribution is 2.25. The van der Waals surface area contributed by atoms with Gasteiger partial charge in [-0.15, -0.1) is 0 Å². The summed E-state index contributed by atoms with van der Waals surface area (Å²) in [7, 11) is 1.53. The molecule has 104 valence electrons. The third-order valence-corrected chi connectivity index (χ3v) is 2.47. The molecule has 1 amide bonds. The van der Waals surface area contributed by atoms with E-state index in [1.807, 2.05) is 0 Å². The molecule has 0 saturated carbocycles. The van der Waals surface area contributed by atoms with E-state index in [1.165, 1.54) is 25.2 Å². The molecule has 1 heterocycles. The number of aromatic nitrogens is 2. The van der Waals surface area contributed by atoms with Gasteiger partial charge in [-0.1, -0.05) is 5.16 Å². The number of amides is 1. The zero-order valence-corrected chi connectivity index (χ0v) is 10.7. The Balaban J connectivity index is 2.24. The van der Waals surface area contributed by atoms with Gasteiger partial charge >= 0.3 is 6.01 Å². The fourth-order valence-electron chi connectivity index (χ4n) is 1.55. The topological polar surface area (TPSA) is 123 Å². The predicted octanol–water partition coefficient (Wildman–Crippen LogP) is 1.58. The van der Waals surface area contributed by atoms with E-state index in [1.54, 1.807) is 6.92 Å². The van der Waals surface area contributed by atoms with E-state index in [2.05, 4.69) is 20.8 Å². The number of anilines is 2. The molecule has 9 nitrogen and oxygen atoms in total. The minimum absolute atomic E-state index is 0.0307. The lowest BCUT2D eigenvalue weighted by atomic mass is 10.1. The van der Waals surface area contributed by atoms with Crippen LogP contribution in [-0.2, 0) is 0 Å². The Labute approximate surface area is 113 Å². The second-order valence-corrected chi connectivity index (χ2v) is 3.84. The van der Waals surface area contributed by atoms with E-state index in [-0.39, 0.29) is 23.0 Å². The van der Waals surface area contributed by atoms with Crippen LogP contribution in [0.3, 0.4) is 0 Å². The average molecular weight is 277 g/mol. The molecule has 0 bridgehead atoms. The van der Waals surface area contributed by atoms with E-state index < -0.39 is 10.8 Å². The first kappa shape index (κ1) is 13.5. The van der Waals surface area contributed by atoms with Gasteiger partial charge in [0.2, 0.25) is 0 Å². The summed E-state index contributed by atoms with van der Waals surface area (Å²) < 4.78 is 4.76. The van der Waals surface area contributed by atoms with Gasteiger partial charge in [0.15, 0.2) is 5.82 Å². The zero-order valence-electron chi connectivity index (χ0n) is 10.7. The van der Waals surface area contributed by atoms with Gasteiger partial charge in [0.25, 0.3) is 11.6 Å². The molecule has 2 rings (SSSR count). The first-order valence-electron chi connectivity index (χ1n) is 5.59. The minimum atomic E-state index is -0.533. The fraction of sp³-hybridized carbons (Fsp3) is 0.182. The maximum absolute atomic E-state index is 11.9. The number of carbonyl (C=O) groups excluding carboxylic acids is 1. The Morgan fingerprint density at radius 3 is 2.75 bits per heavy atom. The van der Waals surface area contributed by atoms with Crippen molar-refractivity contribution in [1.29, 1.82) is 0 Å². The normalized spacial score (nSPS) is 10.1. The summed E-state index contributed by atoms with van der Waals surface area (Å²) in [6, 6.07) is 3.94. The summed E-state index contributed by atoms with van der Waals surface area (Å²) in [6.45, 7) is 1.62. The lowest BCUT2D eigenvalue weighted by Gasteiger charge is -2.05. The molecule has 0 saturated heterocycles. The van der Waals surface area contributed by atoms with Gasteiger partial charge in [-0.25, -0.2) is 0 Å². The summed E-state index contributed by atoms with van der Waals surface area (Å²) >= 11 is 0. The Morgan fingerprint density at radius 1 is 1.45 bits per heavy atom. The smallest absolute Gasteiger partial charge is 0.328 e. The van der Waals surface area contributed by atoms with Crippen LogP contribution < -0.4 is 10.6 Å². The highest BCUT2D eigenvalue weighted by atomic mass is 16.6. The lowest BCUT2D eigenvalue weighted by Crippen LogP contribution is -2.12. The highest BCUT2D eigenvalue weighted by molar-refractivity contribution is 6.04. The van der Waals surface area contributed by atoms with E-state index in [9.17, 15) is 14.9 Å². The standard InChI is InChI=1S/C11H11N5O4/c1-6-13-11(20-15-6)14-10(17)7-3-4-9(16(18)19)8(5-7)12-2/h3-5,12H,1-2H3,(H,13,14,15,17). The van der Waals surface area contributed by atoms with Crippen molar-refractivity contribution >= 4 is 23.3 Å². The maximum Gasteiger partial charge on any atom is 0.328 e. The van der Waals surface area contributed by atoms with E-state index in [0.717, 1.165) is 0 Å². The van der Waals surface area contributed by atoms with Gasteiger partial charge in [0, 0.05) is 18.7 Å². The number of nitrogens with one attached hydrogen (secondary N) is 2. The molecule has 0 spiro atoms. The molecule has 0 atom stereocenters. The molecule has 9 heteroatoms. The molecule has 1 aromatic carbocycles. The number of nitro benzene ring substituents is 1.